The third kappa shape index (κ3) is 12.6. The van der Waals surface area contributed by atoms with Gasteiger partial charge in [-0.25, -0.2) is 9.97 Å². The van der Waals surface area contributed by atoms with Gasteiger partial charge in [-0.2, -0.15) is 0 Å². The van der Waals surface area contributed by atoms with E-state index in [4.69, 9.17) is 9.97 Å². The molecule has 0 radical (unpaired) electrons. The van der Waals surface area contributed by atoms with Gasteiger partial charge in [0, 0.05) is 22.3 Å². The lowest BCUT2D eigenvalue weighted by Crippen LogP contribution is -2.03. The lowest BCUT2D eigenvalue weighted by Gasteiger charge is -2.16. The zero-order valence-corrected chi connectivity index (χ0v) is 38.5. The molecule has 2 nitrogen and oxygen atoms in total. The average molecular weight is 813 g/mol. The molecule has 1 aromatic heterocycles. The summed E-state index contributed by atoms with van der Waals surface area (Å²) in [5.41, 5.74) is 19.1. The number of allylic oxidation sites excluding steroid dienone is 13. The first-order chi connectivity index (χ1) is 30.1. The Kier molecular flexibility index (Phi) is 18.8. The normalized spacial score (nSPS) is 11.7. The Hall–Kier alpha value is -6.90. The predicted octanol–water partition coefficient (Wildman–Crippen LogP) is 17.3. The lowest BCUT2D eigenvalue weighted by molar-refractivity contribution is 1.06. The SMILES string of the molecule is C=C(C)c1ccc(-c2nc(-c3ccccc3)c(CC)c(-c3ccccc3C)n2)cc1.C=C/C(=C\C=C/C)c1ccc(C(=C)/C=C(\C)c2ccc(C(/C=C\C)=C/C)cc2)cc1.CC. The molecule has 0 atom stereocenters. The van der Waals surface area contributed by atoms with Crippen LogP contribution in [0.1, 0.15) is 94.3 Å². The van der Waals surface area contributed by atoms with Crippen LogP contribution >= 0.6 is 0 Å². The van der Waals surface area contributed by atoms with Crippen molar-refractivity contribution >= 4 is 27.9 Å². The van der Waals surface area contributed by atoms with Gasteiger partial charge in [0.2, 0.25) is 0 Å². The smallest absolute Gasteiger partial charge is 0.160 e. The third-order valence-electron chi connectivity index (χ3n) is 10.4. The summed E-state index contributed by atoms with van der Waals surface area (Å²) in [6.45, 7) is 30.8. The Bertz CT molecular complexity index is 2570. The van der Waals surface area contributed by atoms with Gasteiger partial charge in [0.1, 0.15) is 0 Å². The molecule has 0 aliphatic heterocycles. The molecule has 0 aliphatic rings. The topological polar surface area (TPSA) is 25.8 Å². The Morgan fingerprint density at radius 3 is 1.69 bits per heavy atom. The van der Waals surface area contributed by atoms with Gasteiger partial charge >= 0.3 is 0 Å². The standard InChI is InChI=1S/C30H32.C28H26N2.C2H6/c1-7-11-13-26(10-4)30-20-16-28(17-21-30)24(6)22-23(5)27-14-18-29(19-15-27)25(9-3)12-8-2;1-5-24-26(22-12-7-6-8-13-22)29-28(23-17-15-21(16-18-23)19(2)3)30-27(24)25-14-10-9-11-20(25)4;1-2/h7-22H,4,6H2,1-3,5H3;6-18H,2,5H2,1,3-4H3;1-2H3/b11-7-,12-8-,23-22+,25-9+,26-13+;;. The van der Waals surface area contributed by atoms with Gasteiger partial charge in [0.05, 0.1) is 11.4 Å². The molecule has 0 amide bonds. The van der Waals surface area contributed by atoms with E-state index in [0.29, 0.717) is 0 Å². The van der Waals surface area contributed by atoms with Crippen molar-refractivity contribution in [3.8, 4) is 33.9 Å². The van der Waals surface area contributed by atoms with Crippen molar-refractivity contribution in [2.45, 2.75) is 68.7 Å². The summed E-state index contributed by atoms with van der Waals surface area (Å²) in [5.74, 6) is 0.748. The molecule has 314 valence electrons. The fraction of sp³-hybridized carbons (Fsp3) is 0.167. The van der Waals surface area contributed by atoms with Crippen LogP contribution in [0.4, 0.5) is 0 Å². The van der Waals surface area contributed by atoms with Crippen molar-refractivity contribution in [1.29, 1.82) is 0 Å². The highest BCUT2D eigenvalue weighted by molar-refractivity contribution is 5.84. The maximum Gasteiger partial charge on any atom is 0.160 e. The van der Waals surface area contributed by atoms with E-state index >= 15 is 0 Å². The summed E-state index contributed by atoms with van der Waals surface area (Å²) in [4.78, 5) is 10.1. The number of aromatic nitrogens is 2. The number of nitrogens with zero attached hydrogens (tertiary/aromatic N) is 2. The van der Waals surface area contributed by atoms with Crippen molar-refractivity contribution < 1.29 is 0 Å². The highest BCUT2D eigenvalue weighted by Crippen LogP contribution is 2.34. The van der Waals surface area contributed by atoms with E-state index in [9.17, 15) is 0 Å². The molecular weight excluding hydrogens is 749 g/mol. The molecule has 0 saturated heterocycles. The summed E-state index contributed by atoms with van der Waals surface area (Å²) in [6, 6.07) is 44.4. The lowest BCUT2D eigenvalue weighted by atomic mass is 9.95. The summed E-state index contributed by atoms with van der Waals surface area (Å²) >= 11 is 0. The fourth-order valence-corrected chi connectivity index (χ4v) is 7.00. The van der Waals surface area contributed by atoms with Gasteiger partial charge in [0.25, 0.3) is 0 Å². The minimum atomic E-state index is 0.748. The number of hydrogen-bond acceptors (Lipinski definition) is 2. The van der Waals surface area contributed by atoms with Crippen LogP contribution in [-0.4, -0.2) is 9.97 Å². The van der Waals surface area contributed by atoms with Crippen molar-refractivity contribution in [1.82, 2.24) is 9.97 Å². The second-order valence-corrected chi connectivity index (χ2v) is 14.7. The Morgan fingerprint density at radius 1 is 0.597 bits per heavy atom. The summed E-state index contributed by atoms with van der Waals surface area (Å²) in [6.07, 6.45) is 17.3. The number of aryl methyl sites for hydroxylation is 1. The molecule has 0 saturated carbocycles. The summed E-state index contributed by atoms with van der Waals surface area (Å²) < 4.78 is 0. The molecule has 0 spiro atoms. The van der Waals surface area contributed by atoms with E-state index in [1.807, 2.05) is 58.9 Å². The van der Waals surface area contributed by atoms with Gasteiger partial charge in [-0.05, 0) is 104 Å². The number of rotatable bonds is 13. The Morgan fingerprint density at radius 2 is 1.15 bits per heavy atom. The van der Waals surface area contributed by atoms with Gasteiger partial charge < -0.3 is 0 Å². The molecular formula is C60H64N2. The minimum absolute atomic E-state index is 0.748. The van der Waals surface area contributed by atoms with Crippen LogP contribution in [0.2, 0.25) is 0 Å². The maximum atomic E-state index is 5.07. The molecule has 5 aromatic carbocycles. The zero-order valence-electron chi connectivity index (χ0n) is 38.5. The van der Waals surface area contributed by atoms with E-state index < -0.39 is 0 Å². The largest absolute Gasteiger partial charge is 0.228 e. The average Bonchev–Trinajstić information content (AvgIpc) is 3.32. The van der Waals surface area contributed by atoms with E-state index in [2.05, 4.69) is 199 Å². The first kappa shape index (κ1) is 47.8. The number of benzene rings is 5. The van der Waals surface area contributed by atoms with Crippen molar-refractivity contribution in [2.24, 2.45) is 0 Å². The van der Waals surface area contributed by atoms with Crippen molar-refractivity contribution in [2.75, 3.05) is 0 Å². The predicted molar refractivity (Wildman–Crippen MR) is 276 cm³/mol. The van der Waals surface area contributed by atoms with Gasteiger partial charge in [-0.15, -0.1) is 0 Å². The molecule has 0 aliphatic carbocycles. The van der Waals surface area contributed by atoms with E-state index in [0.717, 1.165) is 73.7 Å². The summed E-state index contributed by atoms with van der Waals surface area (Å²) in [7, 11) is 0. The molecule has 1 heterocycles. The first-order valence-corrected chi connectivity index (χ1v) is 21.7. The van der Waals surface area contributed by atoms with Crippen molar-refractivity contribution in [3.05, 3.63) is 235 Å². The summed E-state index contributed by atoms with van der Waals surface area (Å²) in [5, 5.41) is 0. The van der Waals surface area contributed by atoms with Gasteiger partial charge in [0.15, 0.2) is 5.82 Å². The molecule has 2 heteroatoms. The molecule has 0 bridgehead atoms. The highest BCUT2D eigenvalue weighted by Gasteiger charge is 2.18. The van der Waals surface area contributed by atoms with E-state index in [-0.39, 0.29) is 0 Å². The fourth-order valence-electron chi connectivity index (χ4n) is 7.00. The molecule has 6 aromatic rings. The van der Waals surface area contributed by atoms with Crippen LogP contribution in [0, 0.1) is 6.92 Å². The highest BCUT2D eigenvalue weighted by atomic mass is 14.9. The third-order valence-corrected chi connectivity index (χ3v) is 10.4. The number of hydrogen-bond donors (Lipinski definition) is 0. The monoisotopic (exact) mass is 813 g/mol. The van der Waals surface area contributed by atoms with Crippen molar-refractivity contribution in [3.63, 3.8) is 0 Å². The van der Waals surface area contributed by atoms with E-state index in [1.54, 1.807) is 0 Å². The van der Waals surface area contributed by atoms with Crippen LogP contribution in [0.3, 0.4) is 0 Å². The van der Waals surface area contributed by atoms with Crippen LogP contribution < -0.4 is 0 Å². The van der Waals surface area contributed by atoms with Crippen LogP contribution in [0.15, 0.2) is 196 Å². The zero-order chi connectivity index (χ0) is 45.0. The van der Waals surface area contributed by atoms with Gasteiger partial charge in [-0.1, -0.05) is 222 Å². The quantitative estimate of drug-likeness (QED) is 0.109. The second kappa shape index (κ2) is 24.4. The van der Waals surface area contributed by atoms with Crippen LogP contribution in [-0.2, 0) is 6.42 Å². The van der Waals surface area contributed by atoms with Gasteiger partial charge in [-0.3, -0.25) is 0 Å². The maximum absolute atomic E-state index is 5.07. The van der Waals surface area contributed by atoms with Crippen LogP contribution in [0.25, 0.3) is 61.8 Å². The minimum Gasteiger partial charge on any atom is -0.228 e. The molecule has 0 N–H and O–H groups in total. The Balaban J connectivity index is 0.000000262. The molecule has 0 unspecified atom stereocenters. The van der Waals surface area contributed by atoms with E-state index in [1.165, 1.54) is 33.4 Å². The molecule has 6 rings (SSSR count). The van der Waals surface area contributed by atoms with Crippen LogP contribution in [0.5, 0.6) is 0 Å². The Labute approximate surface area is 373 Å². The first-order valence-electron chi connectivity index (χ1n) is 21.7. The second-order valence-electron chi connectivity index (χ2n) is 14.7. The molecule has 62 heavy (non-hydrogen) atoms. The molecule has 0 fully saturated rings.